The van der Waals surface area contributed by atoms with E-state index in [1.807, 2.05) is 26.0 Å². The maximum Gasteiger partial charge on any atom is 0.160 e. The molecular weight excluding hydrogens is 274 g/mol. The number of hydrogen-bond donors (Lipinski definition) is 0. The first-order valence-corrected chi connectivity index (χ1v) is 7.68. The van der Waals surface area contributed by atoms with Crippen LogP contribution in [-0.2, 0) is 11.3 Å². The van der Waals surface area contributed by atoms with Crippen molar-refractivity contribution in [1.82, 2.24) is 14.5 Å². The summed E-state index contributed by atoms with van der Waals surface area (Å²) in [5.74, 6) is 0.901. The highest BCUT2D eigenvalue weighted by Gasteiger charge is 2.19. The Bertz CT molecular complexity index is 602. The quantitative estimate of drug-likeness (QED) is 0.809. The topological polar surface area (TPSA) is 39.9 Å². The van der Waals surface area contributed by atoms with Crippen molar-refractivity contribution in [3.8, 4) is 0 Å². The van der Waals surface area contributed by atoms with Crippen molar-refractivity contribution in [2.75, 3.05) is 6.61 Å². The van der Waals surface area contributed by atoms with Crippen LogP contribution in [-0.4, -0.2) is 27.2 Å². The summed E-state index contributed by atoms with van der Waals surface area (Å²) in [5.41, 5.74) is 2.86. The molecule has 0 saturated carbocycles. The number of alkyl halides is 1. The fourth-order valence-corrected chi connectivity index (χ4v) is 2.95. The van der Waals surface area contributed by atoms with Gasteiger partial charge >= 0.3 is 0 Å². The second-order valence-corrected chi connectivity index (χ2v) is 6.11. The number of hydrogen-bond acceptors (Lipinski definition) is 3. The summed E-state index contributed by atoms with van der Waals surface area (Å²) in [6.45, 7) is 5.72. The zero-order valence-corrected chi connectivity index (χ0v) is 12.7. The molecule has 2 aromatic heterocycles. The van der Waals surface area contributed by atoms with E-state index in [-0.39, 0.29) is 5.38 Å². The molecule has 2 atom stereocenters. The van der Waals surface area contributed by atoms with Crippen molar-refractivity contribution < 1.29 is 4.74 Å². The van der Waals surface area contributed by atoms with Crippen molar-refractivity contribution in [2.24, 2.45) is 0 Å². The molecule has 0 aliphatic carbocycles. The minimum Gasteiger partial charge on any atom is -0.378 e. The Morgan fingerprint density at radius 1 is 1.45 bits per heavy atom. The molecule has 0 amide bonds. The lowest BCUT2D eigenvalue weighted by Crippen LogP contribution is -2.12. The number of imidazole rings is 1. The summed E-state index contributed by atoms with van der Waals surface area (Å²) in [7, 11) is 0. The van der Waals surface area contributed by atoms with Crippen molar-refractivity contribution >= 4 is 22.8 Å². The Morgan fingerprint density at radius 2 is 2.30 bits per heavy atom. The summed E-state index contributed by atoms with van der Waals surface area (Å²) in [6, 6.07) is 4.01. The maximum atomic E-state index is 6.27. The van der Waals surface area contributed by atoms with Gasteiger partial charge in [-0.15, -0.1) is 11.6 Å². The van der Waals surface area contributed by atoms with Gasteiger partial charge < -0.3 is 9.30 Å². The predicted molar refractivity (Wildman–Crippen MR) is 80.1 cm³/mol. The van der Waals surface area contributed by atoms with Crippen LogP contribution in [0.25, 0.3) is 11.2 Å². The Kier molecular flexibility index (Phi) is 3.94. The molecule has 1 saturated heterocycles. The van der Waals surface area contributed by atoms with Gasteiger partial charge in [-0.3, -0.25) is 0 Å². The summed E-state index contributed by atoms with van der Waals surface area (Å²) in [4.78, 5) is 9.25. The summed E-state index contributed by atoms with van der Waals surface area (Å²) >= 11 is 6.27. The average Bonchev–Trinajstić information content (AvgIpc) is 3.03. The Balaban J connectivity index is 1.92. The lowest BCUT2D eigenvalue weighted by atomic mass is 10.2. The number of aromatic nitrogens is 3. The highest BCUT2D eigenvalue weighted by atomic mass is 35.5. The zero-order chi connectivity index (χ0) is 14.1. The number of fused-ring (bicyclic) bond motifs is 1. The molecule has 4 nitrogen and oxygen atoms in total. The molecule has 20 heavy (non-hydrogen) atoms. The average molecular weight is 294 g/mol. The normalized spacial score (nSPS) is 20.6. The van der Waals surface area contributed by atoms with Gasteiger partial charge in [0.05, 0.1) is 11.5 Å². The number of nitrogens with zero attached hydrogens (tertiary/aromatic N) is 3. The van der Waals surface area contributed by atoms with Gasteiger partial charge in [0.1, 0.15) is 11.3 Å². The fourth-order valence-electron chi connectivity index (χ4n) is 2.78. The number of pyridine rings is 1. The van der Waals surface area contributed by atoms with Gasteiger partial charge in [-0.1, -0.05) is 0 Å². The van der Waals surface area contributed by atoms with Crippen LogP contribution in [0.2, 0.25) is 0 Å². The van der Waals surface area contributed by atoms with Crippen LogP contribution in [0.1, 0.15) is 43.1 Å². The number of halogens is 1. The Hall–Kier alpha value is -1.13. The van der Waals surface area contributed by atoms with E-state index in [1.54, 1.807) is 0 Å². The van der Waals surface area contributed by atoms with Crippen LogP contribution in [0, 0.1) is 6.92 Å². The fraction of sp³-hybridized carbons (Fsp3) is 0.600. The van der Waals surface area contributed by atoms with Gasteiger partial charge in [-0.05, 0) is 45.2 Å². The Labute approximate surface area is 124 Å². The molecule has 0 bridgehead atoms. The third-order valence-corrected chi connectivity index (χ3v) is 4.01. The molecule has 0 radical (unpaired) electrons. The van der Waals surface area contributed by atoms with Gasteiger partial charge in [-0.2, -0.15) is 0 Å². The third-order valence-electron chi connectivity index (χ3n) is 3.82. The second kappa shape index (κ2) is 5.70. The number of ether oxygens (including phenoxy) is 1. The van der Waals surface area contributed by atoms with Crippen molar-refractivity contribution in [3.05, 3.63) is 23.7 Å². The molecule has 1 fully saturated rings. The van der Waals surface area contributed by atoms with Gasteiger partial charge in [0.2, 0.25) is 0 Å². The van der Waals surface area contributed by atoms with Crippen LogP contribution in [0.15, 0.2) is 12.1 Å². The summed E-state index contributed by atoms with van der Waals surface area (Å²) in [6.07, 6.45) is 3.70. The van der Waals surface area contributed by atoms with Crippen LogP contribution in [0.5, 0.6) is 0 Å². The van der Waals surface area contributed by atoms with Crippen LogP contribution in [0.3, 0.4) is 0 Å². The molecule has 0 spiro atoms. The maximum absolute atomic E-state index is 6.27. The van der Waals surface area contributed by atoms with E-state index in [9.17, 15) is 0 Å². The molecule has 3 heterocycles. The standard InChI is InChI=1S/C15H20ClN3O/c1-10-5-6-13-15(17-10)19(14(18-13)11(2)16)8-7-12-4-3-9-20-12/h5-6,11-12H,3-4,7-9H2,1-2H3. The molecule has 5 heteroatoms. The molecule has 0 aromatic carbocycles. The molecule has 1 aliphatic rings. The van der Waals surface area contributed by atoms with E-state index < -0.39 is 0 Å². The molecule has 0 N–H and O–H groups in total. The van der Waals surface area contributed by atoms with E-state index >= 15 is 0 Å². The van der Waals surface area contributed by atoms with Crippen molar-refractivity contribution in [3.63, 3.8) is 0 Å². The van der Waals surface area contributed by atoms with Gasteiger partial charge in [0.15, 0.2) is 5.65 Å². The third kappa shape index (κ3) is 2.67. The number of aryl methyl sites for hydroxylation is 2. The minimum absolute atomic E-state index is 0.117. The molecular formula is C15H20ClN3O. The van der Waals surface area contributed by atoms with Gasteiger partial charge in [-0.25, -0.2) is 9.97 Å². The van der Waals surface area contributed by atoms with E-state index in [1.165, 1.54) is 6.42 Å². The van der Waals surface area contributed by atoms with E-state index in [2.05, 4.69) is 14.5 Å². The zero-order valence-electron chi connectivity index (χ0n) is 12.0. The molecule has 3 rings (SSSR count). The molecule has 1 aliphatic heterocycles. The monoisotopic (exact) mass is 293 g/mol. The number of rotatable bonds is 4. The SMILES string of the molecule is Cc1ccc2nc(C(C)Cl)n(CCC3CCCO3)c2n1. The van der Waals surface area contributed by atoms with Crippen LogP contribution < -0.4 is 0 Å². The van der Waals surface area contributed by atoms with Gasteiger partial charge in [0.25, 0.3) is 0 Å². The largest absolute Gasteiger partial charge is 0.378 e. The van der Waals surface area contributed by atoms with E-state index in [0.717, 1.165) is 48.7 Å². The van der Waals surface area contributed by atoms with Crippen molar-refractivity contribution in [1.29, 1.82) is 0 Å². The minimum atomic E-state index is -0.117. The smallest absolute Gasteiger partial charge is 0.160 e. The lowest BCUT2D eigenvalue weighted by Gasteiger charge is -2.13. The van der Waals surface area contributed by atoms with E-state index in [0.29, 0.717) is 6.10 Å². The van der Waals surface area contributed by atoms with Crippen molar-refractivity contribution in [2.45, 2.75) is 51.1 Å². The highest BCUT2D eigenvalue weighted by molar-refractivity contribution is 6.20. The second-order valence-electron chi connectivity index (χ2n) is 5.46. The summed E-state index contributed by atoms with van der Waals surface area (Å²) < 4.78 is 7.85. The molecule has 2 unspecified atom stereocenters. The Morgan fingerprint density at radius 3 is 3.00 bits per heavy atom. The molecule has 2 aromatic rings. The summed E-state index contributed by atoms with van der Waals surface area (Å²) in [5, 5.41) is -0.117. The first kappa shape index (κ1) is 13.8. The van der Waals surface area contributed by atoms with E-state index in [4.69, 9.17) is 16.3 Å². The molecule has 108 valence electrons. The first-order chi connectivity index (χ1) is 9.65. The predicted octanol–water partition coefficient (Wildman–Crippen LogP) is 3.61. The first-order valence-electron chi connectivity index (χ1n) is 7.24. The van der Waals surface area contributed by atoms with Crippen LogP contribution in [0.4, 0.5) is 0 Å². The highest BCUT2D eigenvalue weighted by Crippen LogP contribution is 2.25. The van der Waals surface area contributed by atoms with Gasteiger partial charge in [0, 0.05) is 18.8 Å². The lowest BCUT2D eigenvalue weighted by molar-refractivity contribution is 0.100. The van der Waals surface area contributed by atoms with Crippen LogP contribution >= 0.6 is 11.6 Å².